The van der Waals surface area contributed by atoms with Gasteiger partial charge in [0, 0.05) is 22.3 Å². The second-order valence-electron chi connectivity index (χ2n) is 3.96. The van der Waals surface area contributed by atoms with Gasteiger partial charge < -0.3 is 0 Å². The Balaban J connectivity index is 2.22. The van der Waals surface area contributed by atoms with Gasteiger partial charge in [0.05, 0.1) is 11.7 Å². The van der Waals surface area contributed by atoms with Gasteiger partial charge in [0.1, 0.15) is 5.82 Å². The molecular weight excluding hydrogens is 248 g/mol. The molecule has 0 saturated heterocycles. The highest BCUT2D eigenvalue weighted by Gasteiger charge is 2.06. The van der Waals surface area contributed by atoms with Gasteiger partial charge in [-0.3, -0.25) is 9.20 Å². The molecule has 2 aromatic heterocycles. The Labute approximate surface area is 109 Å². The second-order valence-corrected chi connectivity index (χ2v) is 4.40. The fraction of sp³-hybridized carbons (Fsp3) is 0. The highest BCUT2D eigenvalue weighted by atomic mass is 35.5. The molecule has 0 unspecified atom stereocenters. The fourth-order valence-corrected chi connectivity index (χ4v) is 2.01. The highest BCUT2D eigenvalue weighted by Crippen LogP contribution is 2.21. The molecule has 0 aliphatic heterocycles. The molecule has 2 heterocycles. The van der Waals surface area contributed by atoms with E-state index >= 15 is 0 Å². The Bertz CT molecular complexity index is 716. The molecule has 3 nitrogen and oxygen atoms in total. The number of hydrogen-bond donors (Lipinski definition) is 0. The van der Waals surface area contributed by atoms with Crippen molar-refractivity contribution in [1.82, 2.24) is 9.38 Å². The highest BCUT2D eigenvalue weighted by molar-refractivity contribution is 6.30. The van der Waals surface area contributed by atoms with Crippen LogP contribution in [0.5, 0.6) is 0 Å². The van der Waals surface area contributed by atoms with Crippen molar-refractivity contribution in [3.8, 4) is 11.4 Å². The predicted molar refractivity (Wildman–Crippen MR) is 71.0 cm³/mol. The summed E-state index contributed by atoms with van der Waals surface area (Å²) < 4.78 is 1.90. The molecule has 4 heteroatoms. The summed E-state index contributed by atoms with van der Waals surface area (Å²) in [5, 5.41) is 0.688. The molecule has 3 aromatic rings. The zero-order valence-corrected chi connectivity index (χ0v) is 10.1. The van der Waals surface area contributed by atoms with E-state index in [-0.39, 0.29) is 0 Å². The Morgan fingerprint density at radius 1 is 1.11 bits per heavy atom. The molecule has 3 rings (SSSR count). The SMILES string of the molecule is O=Cc1ccc2cnc(-c3ccc(Cl)cc3)n2c1. The number of rotatable bonds is 2. The van der Waals surface area contributed by atoms with E-state index in [1.54, 1.807) is 18.5 Å². The summed E-state index contributed by atoms with van der Waals surface area (Å²) in [4.78, 5) is 15.2. The first kappa shape index (κ1) is 11.0. The maximum absolute atomic E-state index is 10.8. The van der Waals surface area contributed by atoms with Gasteiger partial charge in [-0.15, -0.1) is 0 Å². The van der Waals surface area contributed by atoms with Gasteiger partial charge in [0.25, 0.3) is 0 Å². The van der Waals surface area contributed by atoms with E-state index < -0.39 is 0 Å². The average molecular weight is 257 g/mol. The van der Waals surface area contributed by atoms with Crippen LogP contribution in [0.3, 0.4) is 0 Å². The van der Waals surface area contributed by atoms with Crippen molar-refractivity contribution < 1.29 is 4.79 Å². The van der Waals surface area contributed by atoms with Crippen molar-refractivity contribution in [3.05, 3.63) is 59.4 Å². The Morgan fingerprint density at radius 2 is 1.89 bits per heavy atom. The zero-order chi connectivity index (χ0) is 12.5. The van der Waals surface area contributed by atoms with Gasteiger partial charge in [-0.2, -0.15) is 0 Å². The van der Waals surface area contributed by atoms with Gasteiger partial charge in [-0.05, 0) is 36.4 Å². The van der Waals surface area contributed by atoms with E-state index in [9.17, 15) is 4.79 Å². The lowest BCUT2D eigenvalue weighted by atomic mass is 10.2. The summed E-state index contributed by atoms with van der Waals surface area (Å²) in [6.45, 7) is 0. The molecule has 0 spiro atoms. The number of nitrogens with zero attached hydrogens (tertiary/aromatic N) is 2. The van der Waals surface area contributed by atoms with Crippen molar-refractivity contribution in [2.24, 2.45) is 0 Å². The maximum Gasteiger partial charge on any atom is 0.151 e. The first-order valence-electron chi connectivity index (χ1n) is 5.46. The minimum Gasteiger partial charge on any atom is -0.299 e. The Kier molecular flexibility index (Phi) is 2.61. The minimum atomic E-state index is 0.621. The molecule has 0 aliphatic rings. The van der Waals surface area contributed by atoms with Gasteiger partial charge in [-0.25, -0.2) is 4.98 Å². The number of aromatic nitrogens is 2. The van der Waals surface area contributed by atoms with Crippen molar-refractivity contribution in [1.29, 1.82) is 0 Å². The molecule has 0 atom stereocenters. The summed E-state index contributed by atoms with van der Waals surface area (Å²) in [5.41, 5.74) is 2.53. The van der Waals surface area contributed by atoms with Gasteiger partial charge >= 0.3 is 0 Å². The molecule has 1 aromatic carbocycles. The van der Waals surface area contributed by atoms with Gasteiger partial charge in [0.15, 0.2) is 6.29 Å². The number of halogens is 1. The van der Waals surface area contributed by atoms with E-state index in [1.165, 1.54) is 0 Å². The molecule has 88 valence electrons. The van der Waals surface area contributed by atoms with Gasteiger partial charge in [-0.1, -0.05) is 11.6 Å². The molecule has 0 aliphatic carbocycles. The quantitative estimate of drug-likeness (QED) is 0.658. The summed E-state index contributed by atoms with van der Waals surface area (Å²) in [6, 6.07) is 11.1. The third-order valence-corrected chi connectivity index (χ3v) is 3.04. The van der Waals surface area contributed by atoms with Crippen LogP contribution in [0.25, 0.3) is 16.9 Å². The van der Waals surface area contributed by atoms with E-state index in [0.29, 0.717) is 10.6 Å². The van der Waals surface area contributed by atoms with E-state index in [0.717, 1.165) is 23.2 Å². The smallest absolute Gasteiger partial charge is 0.151 e. The fourth-order valence-electron chi connectivity index (χ4n) is 1.89. The van der Waals surface area contributed by atoms with Crippen molar-refractivity contribution in [3.63, 3.8) is 0 Å². The normalized spacial score (nSPS) is 10.7. The van der Waals surface area contributed by atoms with Crippen LogP contribution < -0.4 is 0 Å². The number of benzene rings is 1. The second kappa shape index (κ2) is 4.27. The molecule has 0 radical (unpaired) electrons. The van der Waals surface area contributed by atoms with Crippen LogP contribution in [-0.4, -0.2) is 15.7 Å². The zero-order valence-electron chi connectivity index (χ0n) is 9.38. The van der Waals surface area contributed by atoms with Crippen LogP contribution >= 0.6 is 11.6 Å². The Morgan fingerprint density at radius 3 is 2.61 bits per heavy atom. The predicted octanol–water partition coefficient (Wildman–Crippen LogP) is 3.47. The average Bonchev–Trinajstić information content (AvgIpc) is 2.82. The summed E-state index contributed by atoms with van der Waals surface area (Å²) in [5.74, 6) is 0.797. The number of carbonyl (C=O) groups is 1. The maximum atomic E-state index is 10.8. The van der Waals surface area contributed by atoms with Crippen LogP contribution in [0.4, 0.5) is 0 Å². The third-order valence-electron chi connectivity index (χ3n) is 2.79. The molecule has 0 amide bonds. The number of fused-ring (bicyclic) bond motifs is 1. The minimum absolute atomic E-state index is 0.621. The van der Waals surface area contributed by atoms with Crippen LogP contribution in [0.15, 0.2) is 48.8 Å². The number of aldehydes is 1. The number of pyridine rings is 1. The first-order valence-corrected chi connectivity index (χ1v) is 5.84. The number of imidazole rings is 1. The van der Waals surface area contributed by atoms with Crippen molar-refractivity contribution in [2.75, 3.05) is 0 Å². The van der Waals surface area contributed by atoms with Gasteiger partial charge in [0.2, 0.25) is 0 Å². The van der Waals surface area contributed by atoms with Crippen LogP contribution in [-0.2, 0) is 0 Å². The molecule has 0 N–H and O–H groups in total. The van der Waals surface area contributed by atoms with E-state index in [1.807, 2.05) is 34.7 Å². The number of hydrogen-bond acceptors (Lipinski definition) is 2. The molecule has 0 bridgehead atoms. The summed E-state index contributed by atoms with van der Waals surface area (Å²) in [6.07, 6.45) is 4.38. The third kappa shape index (κ3) is 1.79. The lowest BCUT2D eigenvalue weighted by Crippen LogP contribution is -1.91. The van der Waals surface area contributed by atoms with E-state index in [4.69, 9.17) is 11.6 Å². The molecular formula is C14H9ClN2O. The first-order chi connectivity index (χ1) is 8.78. The van der Waals surface area contributed by atoms with Crippen LogP contribution in [0.2, 0.25) is 5.02 Å². The molecule has 0 saturated carbocycles. The summed E-state index contributed by atoms with van der Waals surface area (Å²) in [7, 11) is 0. The number of carbonyl (C=O) groups excluding carboxylic acids is 1. The van der Waals surface area contributed by atoms with Crippen molar-refractivity contribution >= 4 is 23.4 Å². The van der Waals surface area contributed by atoms with E-state index in [2.05, 4.69) is 4.98 Å². The molecule has 0 fully saturated rings. The monoisotopic (exact) mass is 256 g/mol. The van der Waals surface area contributed by atoms with Crippen LogP contribution in [0, 0.1) is 0 Å². The largest absolute Gasteiger partial charge is 0.299 e. The van der Waals surface area contributed by atoms with Crippen LogP contribution in [0.1, 0.15) is 10.4 Å². The lowest BCUT2D eigenvalue weighted by molar-refractivity contribution is 0.112. The summed E-state index contributed by atoms with van der Waals surface area (Å²) >= 11 is 5.87. The Hall–Kier alpha value is -2.13. The lowest BCUT2D eigenvalue weighted by Gasteiger charge is -2.02. The molecule has 18 heavy (non-hydrogen) atoms. The van der Waals surface area contributed by atoms with Crippen molar-refractivity contribution in [2.45, 2.75) is 0 Å². The standard InChI is InChI=1S/C14H9ClN2O/c15-12-4-2-11(3-5-12)14-16-7-13-6-1-10(9-18)8-17(13)14/h1-9H. The topological polar surface area (TPSA) is 34.4 Å².